The van der Waals surface area contributed by atoms with Gasteiger partial charge in [-0.1, -0.05) is 35.0 Å². The van der Waals surface area contributed by atoms with E-state index in [0.29, 0.717) is 0 Å². The van der Waals surface area contributed by atoms with E-state index >= 15 is 0 Å². The van der Waals surface area contributed by atoms with Crippen molar-refractivity contribution >= 4 is 33.2 Å². The van der Waals surface area contributed by atoms with Gasteiger partial charge in [-0.2, -0.15) is 0 Å². The van der Waals surface area contributed by atoms with Crippen molar-refractivity contribution in [3.05, 3.63) is 24.3 Å². The monoisotopic (exact) mass is 284 g/mol. The summed E-state index contributed by atoms with van der Waals surface area (Å²) in [5.41, 5.74) is 1.85. The Bertz CT molecular complexity index is 366. The maximum Gasteiger partial charge on any atom is 0.238 e. The van der Waals surface area contributed by atoms with Crippen molar-refractivity contribution in [1.82, 2.24) is 0 Å². The van der Waals surface area contributed by atoms with Gasteiger partial charge in [0.15, 0.2) is 0 Å². The first-order valence-corrected chi connectivity index (χ1v) is 6.19. The van der Waals surface area contributed by atoms with E-state index in [2.05, 4.69) is 21.2 Å². The average Bonchev–Trinajstić information content (AvgIpc) is 2.28. The van der Waals surface area contributed by atoms with Crippen LogP contribution in [0.3, 0.4) is 0 Å². The van der Waals surface area contributed by atoms with Crippen molar-refractivity contribution in [2.45, 2.75) is 18.2 Å². The number of carbonyl (C=O) groups is 1. The van der Waals surface area contributed by atoms with Gasteiger partial charge in [-0.3, -0.25) is 4.79 Å². The number of carbonyl (C=O) groups excluding carboxylic acids is 1. The van der Waals surface area contributed by atoms with Crippen LogP contribution in [0.2, 0.25) is 0 Å². The summed E-state index contributed by atoms with van der Waals surface area (Å²) in [6.45, 7) is 1.97. The van der Waals surface area contributed by atoms with Gasteiger partial charge in [-0.25, -0.2) is 0 Å². The largest absolute Gasteiger partial charge is 0.376 e. The van der Waals surface area contributed by atoms with Crippen LogP contribution in [-0.2, 0) is 4.79 Å². The lowest BCUT2D eigenvalue weighted by Gasteiger charge is -2.18. The van der Waals surface area contributed by atoms with Gasteiger partial charge in [0.2, 0.25) is 5.91 Å². The zero-order valence-corrected chi connectivity index (χ0v) is 11.4. The maximum absolute atomic E-state index is 11.7. The fourth-order valence-electron chi connectivity index (χ4n) is 1.37. The zero-order chi connectivity index (χ0) is 12.1. The number of amides is 1. The van der Waals surface area contributed by atoms with Crippen LogP contribution in [0.5, 0.6) is 0 Å². The molecule has 0 bridgehead atoms. The molecule has 1 aromatic rings. The zero-order valence-electron chi connectivity index (χ0n) is 9.83. The maximum atomic E-state index is 11.7. The van der Waals surface area contributed by atoms with Crippen molar-refractivity contribution in [1.29, 1.82) is 0 Å². The molecule has 0 saturated heterocycles. The van der Waals surface area contributed by atoms with Crippen LogP contribution in [0, 0.1) is 0 Å². The van der Waals surface area contributed by atoms with Gasteiger partial charge in [0.25, 0.3) is 0 Å². The molecule has 1 aromatic carbocycles. The molecule has 0 aliphatic heterocycles. The van der Waals surface area contributed by atoms with Crippen molar-refractivity contribution in [2.75, 3.05) is 24.3 Å². The first kappa shape index (κ1) is 13.0. The SMILES string of the molecule is CCC(Br)C(=O)Nc1ccccc1N(C)C. The second kappa shape index (κ2) is 5.89. The molecule has 1 amide bonds. The highest BCUT2D eigenvalue weighted by molar-refractivity contribution is 9.10. The van der Waals surface area contributed by atoms with Crippen LogP contribution >= 0.6 is 15.9 Å². The molecule has 16 heavy (non-hydrogen) atoms. The van der Waals surface area contributed by atoms with Crippen LogP contribution in [0.15, 0.2) is 24.3 Å². The molecule has 0 saturated carbocycles. The first-order chi connectivity index (χ1) is 7.56. The Labute approximate surface area is 105 Å². The number of nitrogens with one attached hydrogen (secondary N) is 1. The number of alkyl halides is 1. The summed E-state index contributed by atoms with van der Waals surface area (Å²) < 4.78 is 0. The van der Waals surface area contributed by atoms with Crippen molar-refractivity contribution in [3.8, 4) is 0 Å². The lowest BCUT2D eigenvalue weighted by Crippen LogP contribution is -2.23. The van der Waals surface area contributed by atoms with Gasteiger partial charge in [-0.05, 0) is 18.6 Å². The van der Waals surface area contributed by atoms with Gasteiger partial charge in [-0.15, -0.1) is 0 Å². The molecule has 88 valence electrons. The molecule has 0 radical (unpaired) electrons. The topological polar surface area (TPSA) is 32.3 Å². The minimum atomic E-state index is -0.136. The first-order valence-electron chi connectivity index (χ1n) is 5.27. The van der Waals surface area contributed by atoms with Gasteiger partial charge >= 0.3 is 0 Å². The lowest BCUT2D eigenvalue weighted by molar-refractivity contribution is -0.115. The normalized spacial score (nSPS) is 12.0. The van der Waals surface area contributed by atoms with E-state index < -0.39 is 0 Å². The van der Waals surface area contributed by atoms with Crippen molar-refractivity contribution < 1.29 is 4.79 Å². The van der Waals surface area contributed by atoms with Gasteiger partial charge in [0.05, 0.1) is 16.2 Å². The summed E-state index contributed by atoms with van der Waals surface area (Å²) in [6, 6.07) is 7.75. The van der Waals surface area contributed by atoms with E-state index in [9.17, 15) is 4.79 Å². The molecule has 1 rings (SSSR count). The highest BCUT2D eigenvalue weighted by atomic mass is 79.9. The van der Waals surface area contributed by atoms with E-state index in [1.165, 1.54) is 0 Å². The standard InChI is InChI=1S/C12H17BrN2O/c1-4-9(13)12(16)14-10-7-5-6-8-11(10)15(2)3/h5-9H,4H2,1-3H3,(H,14,16). The number of rotatable bonds is 4. The summed E-state index contributed by atoms with van der Waals surface area (Å²) in [7, 11) is 3.91. The van der Waals surface area contributed by atoms with Gasteiger partial charge in [0.1, 0.15) is 0 Å². The highest BCUT2D eigenvalue weighted by Gasteiger charge is 2.14. The molecule has 1 atom stereocenters. The van der Waals surface area contributed by atoms with E-state index in [-0.39, 0.29) is 10.7 Å². The third kappa shape index (κ3) is 3.23. The summed E-state index contributed by atoms with van der Waals surface area (Å²) in [4.78, 5) is 13.6. The van der Waals surface area contributed by atoms with Crippen LogP contribution in [0.4, 0.5) is 11.4 Å². The molecular weight excluding hydrogens is 268 g/mol. The number of hydrogen-bond acceptors (Lipinski definition) is 2. The number of halogens is 1. The molecule has 0 spiro atoms. The molecule has 1 N–H and O–H groups in total. The summed E-state index contributed by atoms with van der Waals surface area (Å²) in [6.07, 6.45) is 0.774. The molecular formula is C12H17BrN2O. The fraction of sp³-hybridized carbons (Fsp3) is 0.417. The Kier molecular flexibility index (Phi) is 4.80. The van der Waals surface area contributed by atoms with Crippen molar-refractivity contribution in [2.24, 2.45) is 0 Å². The highest BCUT2D eigenvalue weighted by Crippen LogP contribution is 2.24. The number of nitrogens with zero attached hydrogens (tertiary/aromatic N) is 1. The number of anilines is 2. The van der Waals surface area contributed by atoms with E-state index in [4.69, 9.17) is 0 Å². The second-order valence-electron chi connectivity index (χ2n) is 3.78. The minimum absolute atomic E-state index is 0.00296. The van der Waals surface area contributed by atoms with E-state index in [1.807, 2.05) is 50.2 Å². The van der Waals surface area contributed by atoms with Crippen LogP contribution < -0.4 is 10.2 Å². The van der Waals surface area contributed by atoms with E-state index in [0.717, 1.165) is 17.8 Å². The van der Waals surface area contributed by atoms with Gasteiger partial charge in [0, 0.05) is 14.1 Å². The summed E-state index contributed by atoms with van der Waals surface area (Å²) in [5, 5.41) is 2.92. The Balaban J connectivity index is 2.84. The van der Waals surface area contributed by atoms with Gasteiger partial charge < -0.3 is 10.2 Å². The molecule has 4 heteroatoms. The average molecular weight is 285 g/mol. The quantitative estimate of drug-likeness (QED) is 0.863. The molecule has 1 unspecified atom stereocenters. The van der Waals surface area contributed by atoms with Crippen LogP contribution in [0.1, 0.15) is 13.3 Å². The number of para-hydroxylation sites is 2. The third-order valence-corrected chi connectivity index (χ3v) is 3.35. The lowest BCUT2D eigenvalue weighted by atomic mass is 10.2. The summed E-state index contributed by atoms with van der Waals surface area (Å²) in [5.74, 6) is -0.00296. The number of benzene rings is 1. The molecule has 0 aliphatic rings. The van der Waals surface area contributed by atoms with E-state index in [1.54, 1.807) is 0 Å². The Hall–Kier alpha value is -1.03. The second-order valence-corrected chi connectivity index (χ2v) is 4.88. The minimum Gasteiger partial charge on any atom is -0.376 e. The Morgan fingerprint density at radius 3 is 2.62 bits per heavy atom. The van der Waals surface area contributed by atoms with Crippen LogP contribution in [-0.4, -0.2) is 24.8 Å². The summed E-state index contributed by atoms with van der Waals surface area (Å²) >= 11 is 3.34. The predicted octanol–water partition coefficient (Wildman–Crippen LogP) is 2.86. The molecule has 3 nitrogen and oxygen atoms in total. The van der Waals surface area contributed by atoms with Crippen LogP contribution in [0.25, 0.3) is 0 Å². The molecule has 0 aromatic heterocycles. The smallest absolute Gasteiger partial charge is 0.238 e. The number of hydrogen-bond donors (Lipinski definition) is 1. The predicted molar refractivity (Wildman–Crippen MR) is 72.4 cm³/mol. The Morgan fingerprint density at radius 2 is 2.06 bits per heavy atom. The molecule has 0 heterocycles. The Morgan fingerprint density at radius 1 is 1.44 bits per heavy atom. The fourth-order valence-corrected chi connectivity index (χ4v) is 1.48. The third-order valence-electron chi connectivity index (χ3n) is 2.29. The van der Waals surface area contributed by atoms with Crippen molar-refractivity contribution in [3.63, 3.8) is 0 Å². The molecule has 0 fully saturated rings. The molecule has 0 aliphatic carbocycles.